The molecule has 0 saturated heterocycles. The Bertz CT molecular complexity index is 626. The highest BCUT2D eigenvalue weighted by molar-refractivity contribution is 5.94. The molecule has 110 valence electrons. The lowest BCUT2D eigenvalue weighted by Crippen LogP contribution is -2.26. The summed E-state index contributed by atoms with van der Waals surface area (Å²) in [4.78, 5) is 15.9. The second kappa shape index (κ2) is 5.95. The summed E-state index contributed by atoms with van der Waals surface area (Å²) < 4.78 is 37.9. The minimum atomic E-state index is -4.47. The predicted octanol–water partition coefficient (Wildman–Crippen LogP) is 3.59. The van der Waals surface area contributed by atoms with Crippen molar-refractivity contribution in [2.45, 2.75) is 19.1 Å². The normalized spacial score (nSPS) is 12.8. The monoisotopic (exact) mass is 294 g/mol. The third kappa shape index (κ3) is 3.81. The van der Waals surface area contributed by atoms with Crippen LogP contribution in [0.2, 0.25) is 0 Å². The molecule has 6 heteroatoms. The fourth-order valence-corrected chi connectivity index (χ4v) is 1.85. The van der Waals surface area contributed by atoms with Gasteiger partial charge in [0.05, 0.1) is 11.6 Å². The number of benzene rings is 1. The summed E-state index contributed by atoms with van der Waals surface area (Å²) in [6, 6.07) is 7.49. The molecule has 0 saturated carbocycles. The van der Waals surface area contributed by atoms with Crippen molar-refractivity contribution < 1.29 is 18.0 Å². The molecule has 1 N–H and O–H groups in total. The molecule has 0 bridgehead atoms. The van der Waals surface area contributed by atoms with Crippen LogP contribution in [-0.2, 0) is 6.18 Å². The summed E-state index contributed by atoms with van der Waals surface area (Å²) in [5.74, 6) is -0.551. The summed E-state index contributed by atoms with van der Waals surface area (Å²) in [5, 5.41) is 2.66. The minimum absolute atomic E-state index is 0.0225. The van der Waals surface area contributed by atoms with Gasteiger partial charge in [0.25, 0.3) is 5.91 Å². The van der Waals surface area contributed by atoms with E-state index >= 15 is 0 Å². The predicted molar refractivity (Wildman–Crippen MR) is 71.6 cm³/mol. The van der Waals surface area contributed by atoms with Crippen molar-refractivity contribution in [2.24, 2.45) is 0 Å². The molecular weight excluding hydrogens is 281 g/mol. The molecule has 2 rings (SSSR count). The van der Waals surface area contributed by atoms with Gasteiger partial charge in [-0.3, -0.25) is 9.78 Å². The maximum atomic E-state index is 12.6. The largest absolute Gasteiger partial charge is 0.416 e. The molecule has 1 aromatic carbocycles. The molecule has 0 unspecified atom stereocenters. The second-order valence-corrected chi connectivity index (χ2v) is 4.55. The van der Waals surface area contributed by atoms with E-state index in [1.807, 2.05) is 0 Å². The zero-order valence-electron chi connectivity index (χ0n) is 11.2. The van der Waals surface area contributed by atoms with Crippen LogP contribution < -0.4 is 5.32 Å². The van der Waals surface area contributed by atoms with Crippen LogP contribution in [-0.4, -0.2) is 10.9 Å². The number of amides is 1. The number of nitrogens with one attached hydrogen (secondary N) is 1. The molecule has 1 atom stereocenters. The third-order valence-electron chi connectivity index (χ3n) is 3.01. The average Bonchev–Trinajstić information content (AvgIpc) is 2.47. The SMILES string of the molecule is C[C@@H](NC(=O)c1cccc(C(F)(F)F)c1)c1ccncc1. The van der Waals surface area contributed by atoms with E-state index in [0.717, 1.165) is 17.7 Å². The molecule has 21 heavy (non-hydrogen) atoms. The van der Waals surface area contributed by atoms with Crippen molar-refractivity contribution >= 4 is 5.91 Å². The fraction of sp³-hybridized carbons (Fsp3) is 0.200. The maximum absolute atomic E-state index is 12.6. The third-order valence-corrected chi connectivity index (χ3v) is 3.01. The molecule has 0 aliphatic heterocycles. The number of alkyl halides is 3. The van der Waals surface area contributed by atoms with E-state index in [2.05, 4.69) is 10.3 Å². The van der Waals surface area contributed by atoms with Gasteiger partial charge >= 0.3 is 6.18 Å². The van der Waals surface area contributed by atoms with Crippen LogP contribution in [0.15, 0.2) is 48.8 Å². The van der Waals surface area contributed by atoms with E-state index in [0.29, 0.717) is 0 Å². The molecule has 0 spiro atoms. The topological polar surface area (TPSA) is 42.0 Å². The van der Waals surface area contributed by atoms with Crippen LogP contribution in [0.4, 0.5) is 13.2 Å². The molecule has 1 heterocycles. The van der Waals surface area contributed by atoms with E-state index in [9.17, 15) is 18.0 Å². The van der Waals surface area contributed by atoms with Gasteiger partial charge in [-0.25, -0.2) is 0 Å². The van der Waals surface area contributed by atoms with Crippen molar-refractivity contribution in [2.75, 3.05) is 0 Å². The van der Waals surface area contributed by atoms with E-state index in [1.54, 1.807) is 31.5 Å². The van der Waals surface area contributed by atoms with Crippen molar-refractivity contribution in [3.63, 3.8) is 0 Å². The zero-order valence-corrected chi connectivity index (χ0v) is 11.2. The van der Waals surface area contributed by atoms with Crippen LogP contribution in [0, 0.1) is 0 Å². The van der Waals surface area contributed by atoms with Crippen molar-refractivity contribution in [3.05, 3.63) is 65.5 Å². The van der Waals surface area contributed by atoms with Gasteiger partial charge in [-0.1, -0.05) is 6.07 Å². The molecule has 0 radical (unpaired) electrons. The Morgan fingerprint density at radius 2 is 1.86 bits per heavy atom. The standard InChI is InChI=1S/C15H13F3N2O/c1-10(11-5-7-19-8-6-11)20-14(21)12-3-2-4-13(9-12)15(16,17)18/h2-10H,1H3,(H,20,21)/t10-/m1/s1. The van der Waals surface area contributed by atoms with Gasteiger partial charge in [0.15, 0.2) is 0 Å². The first-order valence-corrected chi connectivity index (χ1v) is 6.26. The lowest BCUT2D eigenvalue weighted by Gasteiger charge is -2.15. The Kier molecular flexibility index (Phi) is 4.26. The van der Waals surface area contributed by atoms with Gasteiger partial charge in [0.1, 0.15) is 0 Å². The summed E-state index contributed by atoms with van der Waals surface area (Å²) in [6.07, 6.45) is -1.29. The Hall–Kier alpha value is -2.37. The van der Waals surface area contributed by atoms with Gasteiger partial charge in [0, 0.05) is 18.0 Å². The quantitative estimate of drug-likeness (QED) is 0.940. The molecule has 0 aliphatic carbocycles. The van der Waals surface area contributed by atoms with Gasteiger partial charge < -0.3 is 5.32 Å². The zero-order chi connectivity index (χ0) is 15.5. The average molecular weight is 294 g/mol. The Morgan fingerprint density at radius 3 is 2.48 bits per heavy atom. The van der Waals surface area contributed by atoms with Crippen molar-refractivity contribution in [1.82, 2.24) is 10.3 Å². The molecule has 2 aromatic rings. The van der Waals surface area contributed by atoms with Gasteiger partial charge in [-0.05, 0) is 42.8 Å². The fourth-order valence-electron chi connectivity index (χ4n) is 1.85. The summed E-state index contributed by atoms with van der Waals surface area (Å²) in [5.41, 5.74) is -0.0391. The highest BCUT2D eigenvalue weighted by Gasteiger charge is 2.30. The first-order chi connectivity index (χ1) is 9.88. The minimum Gasteiger partial charge on any atom is -0.346 e. The van der Waals surface area contributed by atoms with Gasteiger partial charge in [-0.15, -0.1) is 0 Å². The van der Waals surface area contributed by atoms with Crippen molar-refractivity contribution in [3.8, 4) is 0 Å². The van der Waals surface area contributed by atoms with Crippen LogP contribution in [0.1, 0.15) is 34.5 Å². The van der Waals surface area contributed by atoms with Crippen LogP contribution in [0.25, 0.3) is 0 Å². The number of hydrogen-bond donors (Lipinski definition) is 1. The Labute approximate surface area is 119 Å². The van der Waals surface area contributed by atoms with Crippen molar-refractivity contribution in [1.29, 1.82) is 0 Å². The number of pyridine rings is 1. The number of halogens is 3. The molecule has 0 aliphatic rings. The second-order valence-electron chi connectivity index (χ2n) is 4.55. The first-order valence-electron chi connectivity index (χ1n) is 6.26. The molecule has 1 aromatic heterocycles. The van der Waals surface area contributed by atoms with E-state index in [4.69, 9.17) is 0 Å². The van der Waals surface area contributed by atoms with Gasteiger partial charge in [-0.2, -0.15) is 13.2 Å². The summed E-state index contributed by atoms with van der Waals surface area (Å²) in [7, 11) is 0. The number of aromatic nitrogens is 1. The van der Waals surface area contributed by atoms with E-state index in [-0.39, 0.29) is 11.6 Å². The maximum Gasteiger partial charge on any atom is 0.416 e. The van der Waals surface area contributed by atoms with E-state index in [1.165, 1.54) is 12.1 Å². The molecule has 0 fully saturated rings. The van der Waals surface area contributed by atoms with Gasteiger partial charge in [0.2, 0.25) is 0 Å². The lowest BCUT2D eigenvalue weighted by atomic mass is 10.1. The number of hydrogen-bond acceptors (Lipinski definition) is 2. The number of carbonyl (C=O) groups excluding carboxylic acids is 1. The smallest absolute Gasteiger partial charge is 0.346 e. The number of rotatable bonds is 3. The van der Waals surface area contributed by atoms with Crippen LogP contribution >= 0.6 is 0 Å². The van der Waals surface area contributed by atoms with Crippen LogP contribution in [0.5, 0.6) is 0 Å². The van der Waals surface area contributed by atoms with E-state index < -0.39 is 17.6 Å². The number of carbonyl (C=O) groups is 1. The highest BCUT2D eigenvalue weighted by Crippen LogP contribution is 2.29. The lowest BCUT2D eigenvalue weighted by molar-refractivity contribution is -0.137. The number of nitrogens with zero attached hydrogens (tertiary/aromatic N) is 1. The van der Waals surface area contributed by atoms with Crippen LogP contribution in [0.3, 0.4) is 0 Å². The summed E-state index contributed by atoms with van der Waals surface area (Å²) in [6.45, 7) is 1.75. The molecule has 3 nitrogen and oxygen atoms in total. The Balaban J connectivity index is 2.14. The highest BCUT2D eigenvalue weighted by atomic mass is 19.4. The summed E-state index contributed by atoms with van der Waals surface area (Å²) >= 11 is 0. The molecule has 1 amide bonds. The first kappa shape index (κ1) is 15.0. The Morgan fingerprint density at radius 1 is 1.19 bits per heavy atom. The molecular formula is C15H13F3N2O.